The van der Waals surface area contributed by atoms with Crippen LogP contribution in [0.4, 0.5) is 0 Å². The first-order valence-corrected chi connectivity index (χ1v) is 17.3. The smallest absolute Gasteiger partial charge is 0.113 e. The van der Waals surface area contributed by atoms with E-state index in [2.05, 4.69) is 54.5 Å². The third-order valence-electron chi connectivity index (χ3n) is 15.5. The lowest BCUT2D eigenvalue weighted by Gasteiger charge is -2.72. The van der Waals surface area contributed by atoms with Gasteiger partial charge in [-0.25, -0.2) is 0 Å². The van der Waals surface area contributed by atoms with Gasteiger partial charge < -0.3 is 35.4 Å². The number of allylic oxidation sites excluding steroid dienone is 2. The fraction of sp³-hybridized carbons (Fsp3) is 0.944. The number of hydrogen-bond donors (Lipinski definition) is 6. The Kier molecular flexibility index (Phi) is 7.71. The quantitative estimate of drug-likeness (QED) is 0.264. The number of hydrogen-bond acceptors (Lipinski definition) is 7. The molecule has 1 aliphatic heterocycles. The highest BCUT2D eigenvalue weighted by Crippen LogP contribution is 2.76. The van der Waals surface area contributed by atoms with Crippen molar-refractivity contribution >= 4 is 0 Å². The third kappa shape index (κ3) is 4.30. The van der Waals surface area contributed by atoms with E-state index in [1.165, 1.54) is 5.57 Å². The van der Waals surface area contributed by atoms with Gasteiger partial charge in [0.2, 0.25) is 0 Å². The zero-order valence-corrected chi connectivity index (χ0v) is 27.7. The fourth-order valence-corrected chi connectivity index (χ4v) is 12.5. The van der Waals surface area contributed by atoms with Crippen molar-refractivity contribution in [3.63, 3.8) is 0 Å². The van der Waals surface area contributed by atoms with Crippen LogP contribution in [0.5, 0.6) is 0 Å². The first-order valence-electron chi connectivity index (χ1n) is 17.3. The van der Waals surface area contributed by atoms with Crippen molar-refractivity contribution in [2.75, 3.05) is 6.61 Å². The van der Waals surface area contributed by atoms with Gasteiger partial charge in [0.05, 0.1) is 18.8 Å². The van der Waals surface area contributed by atoms with Crippen molar-refractivity contribution in [3.05, 3.63) is 11.6 Å². The van der Waals surface area contributed by atoms with Crippen molar-refractivity contribution in [2.24, 2.45) is 50.2 Å². The minimum atomic E-state index is -1.49. The van der Waals surface area contributed by atoms with E-state index in [0.717, 1.165) is 64.2 Å². The standard InChI is InChI=1S/C36H60O7/c1-31(2)14-16-36(30(42)29-28(41)27(40)26(39)22(19-37)43-29)17-15-34(6)20(21(36)18-31)8-9-24-33(5)12-11-25(38)32(3,4)23(33)10-13-35(24,34)7/h8,21-30,37-42H,9-19H2,1-7H3/t21?,22?,23?,24?,25-,26-,27?,28?,29-,30?,33+,34-,35-,36+/m1/s1. The van der Waals surface area contributed by atoms with E-state index in [0.29, 0.717) is 11.8 Å². The van der Waals surface area contributed by atoms with Crippen molar-refractivity contribution in [1.29, 1.82) is 0 Å². The molecule has 0 aromatic rings. The Morgan fingerprint density at radius 3 is 2.16 bits per heavy atom. The summed E-state index contributed by atoms with van der Waals surface area (Å²) >= 11 is 0. The lowest BCUT2D eigenvalue weighted by Crippen LogP contribution is -2.68. The van der Waals surface area contributed by atoms with Gasteiger partial charge in [0.25, 0.3) is 0 Å². The Labute approximate surface area is 259 Å². The molecule has 0 aromatic heterocycles. The van der Waals surface area contributed by atoms with Crippen LogP contribution in [0.25, 0.3) is 0 Å². The van der Waals surface area contributed by atoms with Crippen molar-refractivity contribution < 1.29 is 35.4 Å². The Hall–Kier alpha value is -0.540. The zero-order valence-electron chi connectivity index (χ0n) is 27.7. The minimum Gasteiger partial charge on any atom is -0.394 e. The van der Waals surface area contributed by atoms with Crippen LogP contribution in [-0.4, -0.2) is 80.0 Å². The molecule has 6 N–H and O–H groups in total. The van der Waals surface area contributed by atoms with Gasteiger partial charge in [-0.1, -0.05) is 60.1 Å². The molecule has 0 radical (unpaired) electrons. The number of aliphatic hydroxyl groups is 6. The van der Waals surface area contributed by atoms with Crippen LogP contribution in [0.1, 0.15) is 113 Å². The summed E-state index contributed by atoms with van der Waals surface area (Å²) in [6.07, 6.45) is 4.49. The number of aliphatic hydroxyl groups excluding tert-OH is 6. The molecule has 5 aliphatic carbocycles. The molecule has 1 heterocycles. The van der Waals surface area contributed by atoms with E-state index >= 15 is 0 Å². The van der Waals surface area contributed by atoms with E-state index in [1.54, 1.807) is 0 Å². The van der Waals surface area contributed by atoms with E-state index in [4.69, 9.17) is 4.74 Å². The van der Waals surface area contributed by atoms with Crippen LogP contribution in [0.3, 0.4) is 0 Å². The molecule has 14 atom stereocenters. The summed E-state index contributed by atoms with van der Waals surface area (Å²) in [5.74, 6) is 1.13. The predicted octanol–water partition coefficient (Wildman–Crippen LogP) is 4.35. The molecule has 43 heavy (non-hydrogen) atoms. The maximum Gasteiger partial charge on any atom is 0.113 e. The maximum absolute atomic E-state index is 12.3. The maximum atomic E-state index is 12.3. The molecule has 0 spiro atoms. The molecule has 0 amide bonds. The molecule has 7 nitrogen and oxygen atoms in total. The highest BCUT2D eigenvalue weighted by Gasteiger charge is 2.69. The molecule has 6 rings (SSSR count). The van der Waals surface area contributed by atoms with Gasteiger partial charge in [-0.05, 0) is 109 Å². The largest absolute Gasteiger partial charge is 0.394 e. The predicted molar refractivity (Wildman–Crippen MR) is 165 cm³/mol. The summed E-state index contributed by atoms with van der Waals surface area (Å²) in [6.45, 7) is 16.3. The van der Waals surface area contributed by atoms with Crippen LogP contribution in [0.2, 0.25) is 0 Å². The summed E-state index contributed by atoms with van der Waals surface area (Å²) in [7, 11) is 0. The lowest BCUT2D eigenvalue weighted by atomic mass is 9.33. The first-order chi connectivity index (χ1) is 19.9. The molecule has 1 saturated heterocycles. The SMILES string of the molecule is CC1(C)CC[C@]2(C(O)[C@@H]3OC(CO)[C@@H](O)C(O)C3O)CC[C@]3(C)C(=CCC4[C@@]5(C)CC[C@@H](O)C(C)(C)C5CC[C@]43C)C2C1. The fourth-order valence-electron chi connectivity index (χ4n) is 12.5. The van der Waals surface area contributed by atoms with Crippen molar-refractivity contribution in [1.82, 2.24) is 0 Å². The van der Waals surface area contributed by atoms with Crippen molar-refractivity contribution in [3.8, 4) is 0 Å². The van der Waals surface area contributed by atoms with E-state index in [9.17, 15) is 30.6 Å². The van der Waals surface area contributed by atoms with E-state index in [1.807, 2.05) is 0 Å². The Bertz CT molecular complexity index is 1120. The van der Waals surface area contributed by atoms with Crippen LogP contribution in [0.15, 0.2) is 11.6 Å². The molecule has 246 valence electrons. The normalized spacial score (nSPS) is 54.7. The van der Waals surface area contributed by atoms with E-state index < -0.39 is 48.6 Å². The highest BCUT2D eigenvalue weighted by atomic mass is 16.6. The van der Waals surface area contributed by atoms with Gasteiger partial charge in [-0.2, -0.15) is 0 Å². The van der Waals surface area contributed by atoms with E-state index in [-0.39, 0.29) is 39.1 Å². The Morgan fingerprint density at radius 2 is 1.49 bits per heavy atom. The molecule has 5 fully saturated rings. The second-order valence-corrected chi connectivity index (χ2v) is 18.1. The summed E-state index contributed by atoms with van der Waals surface area (Å²) in [4.78, 5) is 0. The molecule has 0 bridgehead atoms. The molecule has 7 heteroatoms. The van der Waals surface area contributed by atoms with Gasteiger partial charge in [0.15, 0.2) is 0 Å². The molecular formula is C36H60O7. The van der Waals surface area contributed by atoms with Crippen LogP contribution in [0, 0.1) is 50.2 Å². The number of rotatable bonds is 3. The third-order valence-corrected chi connectivity index (χ3v) is 15.5. The minimum absolute atomic E-state index is 0.0270. The van der Waals surface area contributed by atoms with Gasteiger partial charge in [0.1, 0.15) is 30.5 Å². The molecule has 7 unspecified atom stereocenters. The van der Waals surface area contributed by atoms with Gasteiger partial charge in [-0.15, -0.1) is 0 Å². The second-order valence-electron chi connectivity index (χ2n) is 18.1. The molecular weight excluding hydrogens is 544 g/mol. The molecule has 6 aliphatic rings. The zero-order chi connectivity index (χ0) is 31.5. The number of fused-ring (bicyclic) bond motifs is 7. The highest BCUT2D eigenvalue weighted by molar-refractivity contribution is 5.34. The summed E-state index contributed by atoms with van der Waals surface area (Å²) in [5, 5.41) is 65.3. The van der Waals surface area contributed by atoms with Crippen LogP contribution < -0.4 is 0 Å². The average molecular weight is 605 g/mol. The Morgan fingerprint density at radius 1 is 0.814 bits per heavy atom. The van der Waals surface area contributed by atoms with Gasteiger partial charge >= 0.3 is 0 Å². The van der Waals surface area contributed by atoms with Crippen LogP contribution >= 0.6 is 0 Å². The van der Waals surface area contributed by atoms with Gasteiger partial charge in [-0.3, -0.25) is 0 Å². The lowest BCUT2D eigenvalue weighted by molar-refractivity contribution is -0.272. The monoisotopic (exact) mass is 604 g/mol. The van der Waals surface area contributed by atoms with Gasteiger partial charge in [0, 0.05) is 5.41 Å². The summed E-state index contributed by atoms with van der Waals surface area (Å²) in [5.41, 5.74) is 1.21. The second kappa shape index (κ2) is 10.2. The molecule has 4 saturated carbocycles. The Balaban J connectivity index is 1.40. The number of ether oxygens (including phenoxy) is 1. The summed E-state index contributed by atoms with van der Waals surface area (Å²) < 4.78 is 6.01. The summed E-state index contributed by atoms with van der Waals surface area (Å²) in [6, 6.07) is 0. The molecule has 0 aromatic carbocycles. The first kappa shape index (κ1) is 32.4. The average Bonchev–Trinajstić information content (AvgIpc) is 2.94. The topological polar surface area (TPSA) is 131 Å². The van der Waals surface area contributed by atoms with Crippen molar-refractivity contribution in [2.45, 2.75) is 155 Å². The van der Waals surface area contributed by atoms with Crippen LogP contribution in [-0.2, 0) is 4.74 Å².